The lowest BCUT2D eigenvalue weighted by Gasteiger charge is -2.07. The summed E-state index contributed by atoms with van der Waals surface area (Å²) in [6.07, 6.45) is 2.61. The standard InChI is InChI=1S/C12H14BrIN2O/c13-10-5-9(3-4-11(10)14)16-12(17)7-15-6-8-1-2-8/h3-5,8,15H,1-2,6-7H2,(H,16,17). The highest BCUT2D eigenvalue weighted by molar-refractivity contribution is 14.1. The maximum atomic E-state index is 11.6. The van der Waals surface area contributed by atoms with Gasteiger partial charge in [0.2, 0.25) is 5.91 Å². The number of benzene rings is 1. The molecule has 17 heavy (non-hydrogen) atoms. The minimum atomic E-state index is 0.0127. The third-order valence-corrected chi connectivity index (χ3v) is 4.96. The highest BCUT2D eigenvalue weighted by Crippen LogP contribution is 2.27. The van der Waals surface area contributed by atoms with Gasteiger partial charge < -0.3 is 10.6 Å². The predicted molar refractivity (Wildman–Crippen MR) is 81.1 cm³/mol. The van der Waals surface area contributed by atoms with E-state index in [1.807, 2.05) is 18.2 Å². The lowest BCUT2D eigenvalue weighted by molar-refractivity contribution is -0.115. The van der Waals surface area contributed by atoms with E-state index in [9.17, 15) is 4.79 Å². The number of carbonyl (C=O) groups excluding carboxylic acids is 1. The van der Waals surface area contributed by atoms with Crippen molar-refractivity contribution in [3.63, 3.8) is 0 Å². The lowest BCUT2D eigenvalue weighted by Crippen LogP contribution is -2.29. The minimum Gasteiger partial charge on any atom is -0.325 e. The van der Waals surface area contributed by atoms with Gasteiger partial charge in [-0.05, 0) is 82.0 Å². The second kappa shape index (κ2) is 6.15. The zero-order valence-corrected chi connectivity index (χ0v) is 13.0. The molecule has 0 bridgehead atoms. The Morgan fingerprint density at radius 1 is 1.47 bits per heavy atom. The van der Waals surface area contributed by atoms with Crippen molar-refractivity contribution < 1.29 is 4.79 Å². The summed E-state index contributed by atoms with van der Waals surface area (Å²) in [5.74, 6) is 0.814. The SMILES string of the molecule is O=C(CNCC1CC1)Nc1ccc(I)c(Br)c1. The van der Waals surface area contributed by atoms with Crippen LogP contribution in [0.25, 0.3) is 0 Å². The first-order valence-corrected chi connectivity index (χ1v) is 7.48. The summed E-state index contributed by atoms with van der Waals surface area (Å²) in [7, 11) is 0. The van der Waals surface area contributed by atoms with Gasteiger partial charge in [-0.1, -0.05) is 0 Å². The third kappa shape index (κ3) is 4.56. The predicted octanol–water partition coefficient (Wildman–Crippen LogP) is 2.99. The number of hydrogen-bond donors (Lipinski definition) is 2. The molecule has 1 aliphatic carbocycles. The Balaban J connectivity index is 1.77. The summed E-state index contributed by atoms with van der Waals surface area (Å²) in [6, 6.07) is 5.80. The molecule has 5 heteroatoms. The Morgan fingerprint density at radius 2 is 2.24 bits per heavy atom. The topological polar surface area (TPSA) is 41.1 Å². The number of hydrogen-bond acceptors (Lipinski definition) is 2. The second-order valence-corrected chi connectivity index (χ2v) is 6.27. The molecule has 0 radical (unpaired) electrons. The van der Waals surface area contributed by atoms with E-state index in [1.165, 1.54) is 12.8 Å². The molecule has 0 saturated heterocycles. The first-order valence-electron chi connectivity index (χ1n) is 5.61. The van der Waals surface area contributed by atoms with E-state index in [0.717, 1.165) is 26.2 Å². The fraction of sp³-hybridized carbons (Fsp3) is 0.417. The van der Waals surface area contributed by atoms with Crippen molar-refractivity contribution in [1.29, 1.82) is 0 Å². The molecule has 92 valence electrons. The molecule has 1 aromatic carbocycles. The van der Waals surface area contributed by atoms with Crippen LogP contribution in [-0.4, -0.2) is 19.0 Å². The van der Waals surface area contributed by atoms with E-state index in [2.05, 4.69) is 49.2 Å². The Kier molecular flexibility index (Phi) is 4.81. The Bertz CT molecular complexity index is 421. The van der Waals surface area contributed by atoms with E-state index >= 15 is 0 Å². The number of carbonyl (C=O) groups is 1. The van der Waals surface area contributed by atoms with Crippen molar-refractivity contribution in [2.24, 2.45) is 5.92 Å². The summed E-state index contributed by atoms with van der Waals surface area (Å²) in [5.41, 5.74) is 0.829. The molecule has 1 amide bonds. The van der Waals surface area contributed by atoms with E-state index in [4.69, 9.17) is 0 Å². The van der Waals surface area contributed by atoms with E-state index in [0.29, 0.717) is 6.54 Å². The van der Waals surface area contributed by atoms with Crippen LogP contribution in [0.3, 0.4) is 0 Å². The van der Waals surface area contributed by atoms with Crippen molar-refractivity contribution >= 4 is 50.1 Å². The van der Waals surface area contributed by atoms with E-state index < -0.39 is 0 Å². The Morgan fingerprint density at radius 3 is 2.88 bits per heavy atom. The lowest BCUT2D eigenvalue weighted by atomic mass is 10.3. The second-order valence-electron chi connectivity index (χ2n) is 4.25. The molecule has 0 aromatic heterocycles. The highest BCUT2D eigenvalue weighted by Gasteiger charge is 2.20. The summed E-state index contributed by atoms with van der Waals surface area (Å²) in [6.45, 7) is 1.35. The summed E-state index contributed by atoms with van der Waals surface area (Å²) < 4.78 is 2.13. The molecular weight excluding hydrogens is 395 g/mol. The molecule has 1 fully saturated rings. The Labute approximate surface area is 123 Å². The maximum Gasteiger partial charge on any atom is 0.238 e. The fourth-order valence-corrected chi connectivity index (χ4v) is 2.21. The van der Waals surface area contributed by atoms with Gasteiger partial charge in [-0.3, -0.25) is 4.79 Å². The normalized spacial score (nSPS) is 14.7. The van der Waals surface area contributed by atoms with Crippen LogP contribution in [0.1, 0.15) is 12.8 Å². The molecule has 1 aliphatic rings. The average molecular weight is 409 g/mol. The number of nitrogens with one attached hydrogen (secondary N) is 2. The van der Waals surface area contributed by atoms with Crippen molar-refractivity contribution in [3.05, 3.63) is 26.2 Å². The first-order chi connectivity index (χ1) is 8.15. The molecule has 3 nitrogen and oxygen atoms in total. The summed E-state index contributed by atoms with van der Waals surface area (Å²) in [4.78, 5) is 11.6. The molecule has 2 rings (SSSR count). The number of rotatable bonds is 5. The van der Waals surface area contributed by atoms with Gasteiger partial charge in [0, 0.05) is 13.7 Å². The summed E-state index contributed by atoms with van der Waals surface area (Å²) in [5, 5.41) is 6.04. The van der Waals surface area contributed by atoms with Gasteiger partial charge in [-0.15, -0.1) is 0 Å². The fourth-order valence-electron chi connectivity index (χ4n) is 1.49. The molecule has 0 aliphatic heterocycles. The third-order valence-electron chi connectivity index (χ3n) is 2.62. The summed E-state index contributed by atoms with van der Waals surface area (Å²) >= 11 is 5.68. The van der Waals surface area contributed by atoms with Gasteiger partial charge in [-0.25, -0.2) is 0 Å². The van der Waals surface area contributed by atoms with Crippen LogP contribution >= 0.6 is 38.5 Å². The van der Waals surface area contributed by atoms with Gasteiger partial charge in [0.15, 0.2) is 0 Å². The maximum absolute atomic E-state index is 11.6. The van der Waals surface area contributed by atoms with Gasteiger partial charge in [0.25, 0.3) is 0 Å². The molecule has 2 N–H and O–H groups in total. The number of amides is 1. The molecule has 1 aromatic rings. The van der Waals surface area contributed by atoms with E-state index in [-0.39, 0.29) is 5.91 Å². The average Bonchev–Trinajstić information content (AvgIpc) is 3.07. The monoisotopic (exact) mass is 408 g/mol. The van der Waals surface area contributed by atoms with Gasteiger partial charge in [0.1, 0.15) is 0 Å². The van der Waals surface area contributed by atoms with Crippen LogP contribution in [0.15, 0.2) is 22.7 Å². The van der Waals surface area contributed by atoms with Crippen LogP contribution in [0.5, 0.6) is 0 Å². The molecule has 0 unspecified atom stereocenters. The first kappa shape index (κ1) is 13.3. The molecule has 0 heterocycles. The van der Waals surface area contributed by atoms with Crippen molar-refractivity contribution in [1.82, 2.24) is 5.32 Å². The largest absolute Gasteiger partial charge is 0.325 e. The van der Waals surface area contributed by atoms with Crippen LogP contribution in [0, 0.1) is 9.49 Å². The number of anilines is 1. The van der Waals surface area contributed by atoms with Gasteiger partial charge in [-0.2, -0.15) is 0 Å². The van der Waals surface area contributed by atoms with Crippen LogP contribution < -0.4 is 10.6 Å². The van der Waals surface area contributed by atoms with Crippen LogP contribution in [0.4, 0.5) is 5.69 Å². The van der Waals surface area contributed by atoms with Crippen molar-refractivity contribution in [2.75, 3.05) is 18.4 Å². The molecule has 0 spiro atoms. The highest BCUT2D eigenvalue weighted by atomic mass is 127. The molecule has 1 saturated carbocycles. The van der Waals surface area contributed by atoms with Gasteiger partial charge >= 0.3 is 0 Å². The van der Waals surface area contributed by atoms with Crippen LogP contribution in [-0.2, 0) is 4.79 Å². The zero-order valence-electron chi connectivity index (χ0n) is 9.30. The molecular formula is C12H14BrIN2O. The van der Waals surface area contributed by atoms with Crippen LogP contribution in [0.2, 0.25) is 0 Å². The quantitative estimate of drug-likeness (QED) is 0.735. The van der Waals surface area contributed by atoms with Gasteiger partial charge in [0.05, 0.1) is 6.54 Å². The minimum absolute atomic E-state index is 0.0127. The molecule has 0 atom stereocenters. The smallest absolute Gasteiger partial charge is 0.238 e. The Hall–Kier alpha value is -0.140. The van der Waals surface area contributed by atoms with E-state index in [1.54, 1.807) is 0 Å². The van der Waals surface area contributed by atoms with Crippen molar-refractivity contribution in [3.8, 4) is 0 Å². The van der Waals surface area contributed by atoms with Crippen molar-refractivity contribution in [2.45, 2.75) is 12.8 Å². The zero-order chi connectivity index (χ0) is 12.3. The number of halogens is 2.